The fraction of sp³-hybridized carbons (Fsp3) is 0.167. The number of carboxylic acids is 1. The number of carboxylic acid groups (broad SMARTS) is 1. The number of benzene rings is 3. The van der Waals surface area contributed by atoms with Crippen molar-refractivity contribution in [3.63, 3.8) is 0 Å². The molecule has 9 heteroatoms. The van der Waals surface area contributed by atoms with Crippen LogP contribution < -0.4 is 9.47 Å². The Morgan fingerprint density at radius 2 is 1.87 bits per heavy atom. The number of methoxy groups -OCH3 is 1. The first-order chi connectivity index (χ1) is 18.9. The minimum absolute atomic E-state index is 0.186. The number of fused-ring (bicyclic) bond motifs is 1. The van der Waals surface area contributed by atoms with Gasteiger partial charge in [0.2, 0.25) is 0 Å². The van der Waals surface area contributed by atoms with Crippen molar-refractivity contribution in [2.24, 2.45) is 4.99 Å². The van der Waals surface area contributed by atoms with Crippen LogP contribution in [-0.4, -0.2) is 51.8 Å². The first-order valence-corrected chi connectivity index (χ1v) is 13.2. The molecule has 3 aromatic carbocycles. The fourth-order valence-corrected chi connectivity index (χ4v) is 5.29. The van der Waals surface area contributed by atoms with Gasteiger partial charge in [-0.05, 0) is 61.0 Å². The summed E-state index contributed by atoms with van der Waals surface area (Å²) in [6, 6.07) is 22.8. The molecular weight excluding hydrogens is 514 g/mol. The van der Waals surface area contributed by atoms with Gasteiger partial charge in [-0.2, -0.15) is 0 Å². The van der Waals surface area contributed by atoms with E-state index in [1.807, 2.05) is 54.7 Å². The summed E-state index contributed by atoms with van der Waals surface area (Å²) < 4.78 is 11.1. The van der Waals surface area contributed by atoms with Gasteiger partial charge in [-0.15, -0.1) is 0 Å². The third-order valence-electron chi connectivity index (χ3n) is 6.31. The van der Waals surface area contributed by atoms with Crippen LogP contribution in [-0.2, 0) is 16.0 Å². The highest BCUT2D eigenvalue weighted by molar-refractivity contribution is 8.18. The van der Waals surface area contributed by atoms with Crippen LogP contribution in [0.25, 0.3) is 17.0 Å². The molecule has 1 aromatic heterocycles. The van der Waals surface area contributed by atoms with Crippen LogP contribution in [0.5, 0.6) is 11.5 Å². The number of aromatic nitrogens is 1. The van der Waals surface area contributed by atoms with Crippen LogP contribution in [0.2, 0.25) is 0 Å². The molecule has 8 nitrogen and oxygen atoms in total. The van der Waals surface area contributed by atoms with Crippen LogP contribution in [0.1, 0.15) is 18.1 Å². The van der Waals surface area contributed by atoms with Crippen LogP contribution in [0.4, 0.5) is 5.69 Å². The predicted molar refractivity (Wildman–Crippen MR) is 154 cm³/mol. The molecule has 1 atom stereocenters. The number of nitrogens with one attached hydrogen (secondary N) is 1. The van der Waals surface area contributed by atoms with Crippen molar-refractivity contribution in [2.75, 3.05) is 13.7 Å². The first-order valence-electron chi connectivity index (χ1n) is 12.4. The molecule has 0 spiro atoms. The molecule has 0 aliphatic carbocycles. The van der Waals surface area contributed by atoms with Gasteiger partial charge in [-0.25, -0.2) is 9.79 Å². The van der Waals surface area contributed by atoms with E-state index >= 15 is 0 Å². The van der Waals surface area contributed by atoms with E-state index in [2.05, 4.69) is 11.1 Å². The van der Waals surface area contributed by atoms with Crippen molar-refractivity contribution in [1.82, 2.24) is 9.88 Å². The van der Waals surface area contributed by atoms with Crippen LogP contribution in [0.15, 0.2) is 88.9 Å². The van der Waals surface area contributed by atoms with Gasteiger partial charge in [-0.3, -0.25) is 9.69 Å². The van der Waals surface area contributed by atoms with Gasteiger partial charge in [0.1, 0.15) is 0 Å². The van der Waals surface area contributed by atoms with E-state index in [1.54, 1.807) is 29.2 Å². The van der Waals surface area contributed by atoms with E-state index in [0.717, 1.165) is 22.2 Å². The fourth-order valence-electron chi connectivity index (χ4n) is 4.27. The van der Waals surface area contributed by atoms with Crippen molar-refractivity contribution < 1.29 is 24.2 Å². The second-order valence-electron chi connectivity index (χ2n) is 8.88. The number of nitrogens with zero attached hydrogens (tertiary/aromatic N) is 2. The zero-order valence-electron chi connectivity index (χ0n) is 21.5. The van der Waals surface area contributed by atoms with Gasteiger partial charge in [0.15, 0.2) is 22.8 Å². The number of rotatable bonds is 9. The second-order valence-corrected chi connectivity index (χ2v) is 9.89. The number of hydrogen-bond donors (Lipinski definition) is 2. The Labute approximate surface area is 230 Å². The highest BCUT2D eigenvalue weighted by atomic mass is 32.2. The number of aliphatic imine (C=N–C) groups is 1. The SMILES string of the molecule is COc1cccc(/C=C2\SC(=Nc3ccccc3)N(CCc3c[nH]c4ccccc34)C2=O)c1OC(C)C(=O)O. The number of aromatic amines is 1. The number of para-hydroxylation sites is 3. The van der Waals surface area contributed by atoms with Crippen LogP contribution in [0.3, 0.4) is 0 Å². The summed E-state index contributed by atoms with van der Waals surface area (Å²) in [5, 5.41) is 11.1. The van der Waals surface area contributed by atoms with E-state index in [4.69, 9.17) is 14.5 Å². The molecule has 0 saturated carbocycles. The Morgan fingerprint density at radius 1 is 1.10 bits per heavy atom. The molecule has 0 radical (unpaired) electrons. The summed E-state index contributed by atoms with van der Waals surface area (Å²) in [4.78, 5) is 35.4. The third kappa shape index (κ3) is 5.68. The van der Waals surface area contributed by atoms with Crippen molar-refractivity contribution in [3.05, 3.63) is 95.0 Å². The number of carbonyl (C=O) groups is 2. The summed E-state index contributed by atoms with van der Waals surface area (Å²) in [7, 11) is 1.48. The van der Waals surface area contributed by atoms with Gasteiger partial charge in [0.25, 0.3) is 5.91 Å². The number of amides is 1. The lowest BCUT2D eigenvalue weighted by Gasteiger charge is -2.16. The lowest BCUT2D eigenvalue weighted by Crippen LogP contribution is -2.31. The monoisotopic (exact) mass is 541 g/mol. The molecule has 39 heavy (non-hydrogen) atoms. The van der Waals surface area contributed by atoms with Crippen LogP contribution in [0, 0.1) is 0 Å². The number of aliphatic carboxylic acids is 1. The summed E-state index contributed by atoms with van der Waals surface area (Å²) in [6.07, 6.45) is 3.22. The standard InChI is InChI=1S/C30H27N3O5S/c1-19(29(35)36)38-27-20(9-8-14-25(27)37-2)17-26-28(34)33(30(39-26)32-22-10-4-3-5-11-22)16-15-21-18-31-24-13-7-6-12-23(21)24/h3-14,17-19,31H,15-16H2,1-2H3,(H,35,36)/b26-17-,32-30?. The molecule has 2 N–H and O–H groups in total. The minimum atomic E-state index is -1.11. The zero-order chi connectivity index (χ0) is 27.4. The Balaban J connectivity index is 1.49. The largest absolute Gasteiger partial charge is 0.493 e. The quantitative estimate of drug-likeness (QED) is 0.257. The number of thioether (sulfide) groups is 1. The Bertz CT molecular complexity index is 1580. The summed E-state index contributed by atoms with van der Waals surface area (Å²) >= 11 is 1.27. The summed E-state index contributed by atoms with van der Waals surface area (Å²) in [5.74, 6) is -0.655. The molecule has 1 unspecified atom stereocenters. The average molecular weight is 542 g/mol. The summed E-state index contributed by atoms with van der Waals surface area (Å²) in [6.45, 7) is 1.88. The molecule has 1 fully saturated rings. The molecule has 4 aromatic rings. The number of amidine groups is 1. The predicted octanol–water partition coefficient (Wildman–Crippen LogP) is 5.88. The lowest BCUT2D eigenvalue weighted by atomic mass is 10.1. The molecule has 2 heterocycles. The van der Waals surface area contributed by atoms with E-state index in [0.29, 0.717) is 34.4 Å². The maximum absolute atomic E-state index is 13.7. The molecule has 1 aliphatic heterocycles. The topological polar surface area (TPSA) is 104 Å². The Hall–Kier alpha value is -4.50. The maximum Gasteiger partial charge on any atom is 0.344 e. The third-order valence-corrected chi connectivity index (χ3v) is 7.31. The smallest absolute Gasteiger partial charge is 0.344 e. The van der Waals surface area contributed by atoms with Gasteiger partial charge >= 0.3 is 5.97 Å². The Morgan fingerprint density at radius 3 is 2.64 bits per heavy atom. The second kappa shape index (κ2) is 11.5. The Kier molecular flexibility index (Phi) is 7.69. The highest BCUT2D eigenvalue weighted by Gasteiger charge is 2.34. The van der Waals surface area contributed by atoms with Crippen molar-refractivity contribution in [1.29, 1.82) is 0 Å². The van der Waals surface area contributed by atoms with Gasteiger partial charge in [0, 0.05) is 29.2 Å². The van der Waals surface area contributed by atoms with Gasteiger partial charge in [-0.1, -0.05) is 48.5 Å². The number of carbonyl (C=O) groups excluding carboxylic acids is 1. The number of ether oxygens (including phenoxy) is 2. The first kappa shape index (κ1) is 26.1. The van der Waals surface area contributed by atoms with Crippen LogP contribution >= 0.6 is 11.8 Å². The molecule has 198 valence electrons. The molecule has 1 aliphatic rings. The van der Waals surface area contributed by atoms with Crippen molar-refractivity contribution >= 4 is 51.5 Å². The zero-order valence-corrected chi connectivity index (χ0v) is 22.3. The van der Waals surface area contributed by atoms with E-state index in [-0.39, 0.29) is 11.7 Å². The molecular formula is C30H27N3O5S. The highest BCUT2D eigenvalue weighted by Crippen LogP contribution is 2.39. The maximum atomic E-state index is 13.7. The number of hydrogen-bond acceptors (Lipinski definition) is 6. The normalized spacial score (nSPS) is 16.3. The summed E-state index contributed by atoms with van der Waals surface area (Å²) in [5.41, 5.74) is 3.45. The van der Waals surface area contributed by atoms with Crippen molar-refractivity contribution in [3.8, 4) is 11.5 Å². The lowest BCUT2D eigenvalue weighted by molar-refractivity contribution is -0.144. The molecule has 1 saturated heterocycles. The molecule has 5 rings (SSSR count). The minimum Gasteiger partial charge on any atom is -0.493 e. The van der Waals surface area contributed by atoms with Crippen molar-refractivity contribution in [2.45, 2.75) is 19.4 Å². The molecule has 0 bridgehead atoms. The number of H-pyrrole nitrogens is 1. The van der Waals surface area contributed by atoms with Gasteiger partial charge in [0.05, 0.1) is 17.7 Å². The van der Waals surface area contributed by atoms with Gasteiger partial charge < -0.3 is 19.6 Å². The van der Waals surface area contributed by atoms with E-state index < -0.39 is 12.1 Å². The molecule has 1 amide bonds. The average Bonchev–Trinajstić information content (AvgIpc) is 3.49. The van der Waals surface area contributed by atoms with E-state index in [1.165, 1.54) is 25.8 Å². The van der Waals surface area contributed by atoms with E-state index in [9.17, 15) is 14.7 Å².